The Morgan fingerprint density at radius 1 is 1.50 bits per heavy atom. The Balaban J connectivity index is 1.88. The molecule has 1 aliphatic rings. The van der Waals surface area contributed by atoms with E-state index < -0.39 is 5.60 Å². The molecule has 0 atom stereocenters. The minimum atomic E-state index is -0.500. The molecule has 0 aliphatic carbocycles. The van der Waals surface area contributed by atoms with Crippen molar-refractivity contribution in [1.82, 2.24) is 9.88 Å². The van der Waals surface area contributed by atoms with Gasteiger partial charge in [0, 0.05) is 25.8 Å². The van der Waals surface area contributed by atoms with E-state index in [1.54, 1.807) is 12.3 Å². The molecule has 3 nitrogen and oxygen atoms in total. The smallest absolute Gasteiger partial charge is 0.129 e. The summed E-state index contributed by atoms with van der Waals surface area (Å²) >= 11 is 5.72. The maximum absolute atomic E-state index is 10.1. The minimum Gasteiger partial charge on any atom is -0.387 e. The highest BCUT2D eigenvalue weighted by atomic mass is 35.5. The first-order chi connectivity index (χ1) is 7.49. The summed E-state index contributed by atoms with van der Waals surface area (Å²) in [5.41, 5.74) is 0.634. The van der Waals surface area contributed by atoms with E-state index in [4.69, 9.17) is 11.6 Å². The van der Waals surface area contributed by atoms with E-state index in [1.165, 1.54) is 0 Å². The first-order valence-electron chi connectivity index (χ1n) is 5.55. The summed E-state index contributed by atoms with van der Waals surface area (Å²) < 4.78 is 0. The van der Waals surface area contributed by atoms with Crippen molar-refractivity contribution in [2.75, 3.05) is 13.1 Å². The molecule has 0 saturated carbocycles. The van der Waals surface area contributed by atoms with E-state index >= 15 is 0 Å². The zero-order valence-corrected chi connectivity index (χ0v) is 10.4. The fourth-order valence-corrected chi connectivity index (χ4v) is 2.08. The van der Waals surface area contributed by atoms with Gasteiger partial charge in [-0.15, -0.1) is 0 Å². The molecule has 2 heterocycles. The Morgan fingerprint density at radius 2 is 2.19 bits per heavy atom. The van der Waals surface area contributed by atoms with Crippen LogP contribution in [0.25, 0.3) is 0 Å². The molecule has 0 amide bonds. The standard InChI is InChI=1S/C12H17ClN2O/c1-9(2)12(16)7-15(8-12)6-10-3-4-11(13)14-5-10/h3-5,9,16H,6-8H2,1-2H3. The molecule has 1 saturated heterocycles. The maximum atomic E-state index is 10.1. The van der Waals surface area contributed by atoms with Gasteiger partial charge >= 0.3 is 0 Å². The van der Waals surface area contributed by atoms with Crippen LogP contribution in [0.5, 0.6) is 0 Å². The summed E-state index contributed by atoms with van der Waals surface area (Å²) in [6.07, 6.45) is 1.79. The number of rotatable bonds is 3. The fourth-order valence-electron chi connectivity index (χ4n) is 1.96. The summed E-state index contributed by atoms with van der Waals surface area (Å²) in [5, 5.41) is 10.6. The van der Waals surface area contributed by atoms with Crippen molar-refractivity contribution < 1.29 is 5.11 Å². The summed E-state index contributed by atoms with van der Waals surface area (Å²) in [5.74, 6) is 0.312. The van der Waals surface area contributed by atoms with Crippen LogP contribution in [0.4, 0.5) is 0 Å². The lowest BCUT2D eigenvalue weighted by Gasteiger charge is -2.49. The van der Waals surface area contributed by atoms with Gasteiger partial charge in [0.05, 0.1) is 5.60 Å². The van der Waals surface area contributed by atoms with Crippen molar-refractivity contribution in [2.45, 2.75) is 26.0 Å². The quantitative estimate of drug-likeness (QED) is 0.821. The number of β-amino-alcohol motifs (C(OH)–C–C–N with tert-alkyl or cyclic N) is 1. The second-order valence-corrected chi connectivity index (χ2v) is 5.28. The van der Waals surface area contributed by atoms with Gasteiger partial charge in [0.25, 0.3) is 0 Å². The first-order valence-corrected chi connectivity index (χ1v) is 5.92. The highest BCUT2D eigenvalue weighted by Gasteiger charge is 2.43. The lowest BCUT2D eigenvalue weighted by atomic mass is 9.83. The van der Waals surface area contributed by atoms with Gasteiger partial charge in [-0.25, -0.2) is 4.98 Å². The fraction of sp³-hybridized carbons (Fsp3) is 0.583. The van der Waals surface area contributed by atoms with Crippen LogP contribution < -0.4 is 0 Å². The molecule has 1 aliphatic heterocycles. The summed E-state index contributed by atoms with van der Waals surface area (Å²) in [6, 6.07) is 3.77. The summed E-state index contributed by atoms with van der Waals surface area (Å²) in [4.78, 5) is 6.25. The molecule has 0 radical (unpaired) electrons. The number of likely N-dealkylation sites (tertiary alicyclic amines) is 1. The predicted octanol–water partition coefficient (Wildman–Crippen LogP) is 1.94. The van der Waals surface area contributed by atoms with Gasteiger partial charge in [0.2, 0.25) is 0 Å². The number of nitrogens with zero attached hydrogens (tertiary/aromatic N) is 2. The SMILES string of the molecule is CC(C)C1(O)CN(Cc2ccc(Cl)nc2)C1. The zero-order valence-electron chi connectivity index (χ0n) is 9.65. The average Bonchev–Trinajstić information content (AvgIpc) is 2.18. The molecule has 1 aromatic rings. The van der Waals surface area contributed by atoms with Crippen molar-refractivity contribution in [3.63, 3.8) is 0 Å². The van der Waals surface area contributed by atoms with Crippen LogP contribution in [0.3, 0.4) is 0 Å². The molecule has 0 unspecified atom stereocenters. The zero-order chi connectivity index (χ0) is 11.8. The predicted molar refractivity (Wildman–Crippen MR) is 64.3 cm³/mol. The van der Waals surface area contributed by atoms with Crippen LogP contribution in [0.1, 0.15) is 19.4 Å². The Kier molecular flexibility index (Phi) is 3.19. The van der Waals surface area contributed by atoms with Crippen LogP contribution in [0, 0.1) is 5.92 Å². The van der Waals surface area contributed by atoms with Crippen LogP contribution in [0.15, 0.2) is 18.3 Å². The van der Waals surface area contributed by atoms with Crippen molar-refractivity contribution in [1.29, 1.82) is 0 Å². The molecule has 2 rings (SSSR count). The van der Waals surface area contributed by atoms with Crippen LogP contribution in [-0.2, 0) is 6.54 Å². The van der Waals surface area contributed by atoms with E-state index in [2.05, 4.69) is 23.7 Å². The monoisotopic (exact) mass is 240 g/mol. The van der Waals surface area contributed by atoms with E-state index in [1.807, 2.05) is 6.07 Å². The lowest BCUT2D eigenvalue weighted by molar-refractivity contribution is -0.130. The van der Waals surface area contributed by atoms with Crippen molar-refractivity contribution in [3.05, 3.63) is 29.0 Å². The number of pyridine rings is 1. The molecule has 1 aromatic heterocycles. The topological polar surface area (TPSA) is 36.4 Å². The first kappa shape index (κ1) is 11.8. The van der Waals surface area contributed by atoms with Gasteiger partial charge in [-0.3, -0.25) is 4.90 Å². The van der Waals surface area contributed by atoms with Gasteiger partial charge in [0.15, 0.2) is 0 Å². The number of aliphatic hydroxyl groups is 1. The number of hydrogen-bond acceptors (Lipinski definition) is 3. The van der Waals surface area contributed by atoms with Crippen molar-refractivity contribution in [2.24, 2.45) is 5.92 Å². The third-order valence-corrected chi connectivity index (χ3v) is 3.49. The average molecular weight is 241 g/mol. The third-order valence-electron chi connectivity index (χ3n) is 3.26. The second-order valence-electron chi connectivity index (χ2n) is 4.89. The van der Waals surface area contributed by atoms with E-state index in [0.29, 0.717) is 11.1 Å². The van der Waals surface area contributed by atoms with Crippen LogP contribution in [-0.4, -0.2) is 33.7 Å². The number of halogens is 1. The molecule has 4 heteroatoms. The normalized spacial score (nSPS) is 19.8. The Morgan fingerprint density at radius 3 is 2.69 bits per heavy atom. The number of hydrogen-bond donors (Lipinski definition) is 1. The lowest BCUT2D eigenvalue weighted by Crippen LogP contribution is -2.63. The van der Waals surface area contributed by atoms with Gasteiger partial charge in [0.1, 0.15) is 5.15 Å². The van der Waals surface area contributed by atoms with Gasteiger partial charge < -0.3 is 5.11 Å². The van der Waals surface area contributed by atoms with Crippen molar-refractivity contribution in [3.8, 4) is 0 Å². The molecule has 1 fully saturated rings. The molecular weight excluding hydrogens is 224 g/mol. The van der Waals surface area contributed by atoms with Crippen LogP contribution in [0.2, 0.25) is 5.15 Å². The molecule has 0 aromatic carbocycles. The Bertz CT molecular complexity index is 358. The Hall–Kier alpha value is -0.640. The number of aromatic nitrogens is 1. The van der Waals surface area contributed by atoms with Gasteiger partial charge in [-0.1, -0.05) is 31.5 Å². The third kappa shape index (κ3) is 2.37. The van der Waals surface area contributed by atoms with E-state index in [-0.39, 0.29) is 0 Å². The highest BCUT2D eigenvalue weighted by Crippen LogP contribution is 2.29. The van der Waals surface area contributed by atoms with Gasteiger partial charge in [-0.2, -0.15) is 0 Å². The largest absolute Gasteiger partial charge is 0.387 e. The van der Waals surface area contributed by atoms with Crippen LogP contribution >= 0.6 is 11.6 Å². The van der Waals surface area contributed by atoms with Crippen molar-refractivity contribution >= 4 is 11.6 Å². The molecule has 16 heavy (non-hydrogen) atoms. The summed E-state index contributed by atoms with van der Waals surface area (Å²) in [6.45, 7) is 6.43. The molecule has 0 spiro atoms. The highest BCUT2D eigenvalue weighted by molar-refractivity contribution is 6.29. The minimum absolute atomic E-state index is 0.312. The molecular formula is C12H17ClN2O. The van der Waals surface area contributed by atoms with E-state index in [0.717, 1.165) is 25.2 Å². The Labute approximate surface area is 101 Å². The maximum Gasteiger partial charge on any atom is 0.129 e. The summed E-state index contributed by atoms with van der Waals surface area (Å²) in [7, 11) is 0. The molecule has 88 valence electrons. The molecule has 0 bridgehead atoms. The van der Waals surface area contributed by atoms with Gasteiger partial charge in [-0.05, 0) is 17.5 Å². The molecule has 1 N–H and O–H groups in total. The van der Waals surface area contributed by atoms with E-state index in [9.17, 15) is 5.11 Å². The second kappa shape index (κ2) is 4.32.